The second-order valence-corrected chi connectivity index (χ2v) is 9.23. The first kappa shape index (κ1) is 32.7. The highest BCUT2D eigenvalue weighted by atomic mass is 16.4. The smallest absolute Gasteiger partial charge is 0.328 e. The second-order valence-electron chi connectivity index (χ2n) is 9.23. The Morgan fingerprint density at radius 3 is 1.93 bits per heavy atom. The van der Waals surface area contributed by atoms with Gasteiger partial charge in [0.1, 0.15) is 23.9 Å². The van der Waals surface area contributed by atoms with Gasteiger partial charge in [0.25, 0.3) is 0 Å². The highest BCUT2D eigenvalue weighted by molar-refractivity contribution is 5.94. The maximum absolute atomic E-state index is 12.9. The van der Waals surface area contributed by atoms with Crippen molar-refractivity contribution in [3.63, 3.8) is 0 Å². The van der Waals surface area contributed by atoms with Gasteiger partial charge in [0.2, 0.25) is 23.6 Å². The van der Waals surface area contributed by atoms with Gasteiger partial charge in [-0.2, -0.15) is 0 Å². The summed E-state index contributed by atoms with van der Waals surface area (Å²) in [5, 5.41) is 44.3. The van der Waals surface area contributed by atoms with Gasteiger partial charge >= 0.3 is 5.97 Å². The number of amides is 4. The highest BCUT2D eigenvalue weighted by Gasteiger charge is 2.31. The van der Waals surface area contributed by atoms with E-state index in [9.17, 15) is 44.4 Å². The van der Waals surface area contributed by atoms with Gasteiger partial charge in [-0.25, -0.2) is 4.79 Å². The monoisotopic (exact) mass is 573 g/mol. The van der Waals surface area contributed by atoms with E-state index in [2.05, 4.69) is 16.0 Å². The number of phenolic OH excluding ortho intramolecular Hbond substituents is 1. The Bertz CT molecular complexity index is 1190. The number of aliphatic hydroxyl groups is 2. The molecule has 2 rings (SSSR count). The molecule has 0 heterocycles. The summed E-state index contributed by atoms with van der Waals surface area (Å²) >= 11 is 0. The van der Waals surface area contributed by atoms with E-state index < -0.39 is 73.5 Å². The second kappa shape index (κ2) is 15.9. The molecule has 9 N–H and O–H groups in total. The molecule has 0 aliphatic carbocycles. The number of aromatic hydroxyl groups is 1. The average molecular weight is 574 g/mol. The molecule has 0 spiro atoms. The largest absolute Gasteiger partial charge is 0.508 e. The minimum absolute atomic E-state index is 0.00880. The van der Waals surface area contributed by atoms with Crippen LogP contribution in [-0.4, -0.2) is 106 Å². The number of nitrogens with one attached hydrogen (secondary N) is 3. The molecule has 222 valence electrons. The number of nitrogens with zero attached hydrogens (tertiary/aromatic N) is 1. The lowest BCUT2D eigenvalue weighted by molar-refractivity contribution is -0.145. The molecule has 0 saturated carbocycles. The molecule has 2 aromatic rings. The summed E-state index contributed by atoms with van der Waals surface area (Å²) in [6.45, 7) is -2.26. The van der Waals surface area contributed by atoms with E-state index in [1.165, 1.54) is 19.2 Å². The van der Waals surface area contributed by atoms with Gasteiger partial charge in [-0.1, -0.05) is 42.5 Å². The SMILES string of the molecule is CN(C(=O)CNC(=O)[C@@H](CO)NC(=O)C(N)Cc1ccc(O)cc1)C(Cc1ccccc1)C(=O)N[C@H](CO)C(=O)O. The zero-order chi connectivity index (χ0) is 30.5. The molecule has 41 heavy (non-hydrogen) atoms. The standard InChI is InChI=1S/C27H35N5O9/c1-32(22(12-16-5-3-2-4-6-16)26(39)31-21(15-34)27(40)41)23(36)13-29-25(38)20(14-33)30-24(37)19(28)11-17-7-9-18(35)10-8-17/h2-10,19-22,33-35H,11-15,28H2,1H3,(H,29,38)(H,30,37)(H,31,39)(H,40,41)/t19?,20-,21-,22?/m1/s1. The maximum Gasteiger partial charge on any atom is 0.328 e. The Kier molecular flexibility index (Phi) is 12.7. The van der Waals surface area contributed by atoms with Crippen LogP contribution in [0.1, 0.15) is 11.1 Å². The van der Waals surface area contributed by atoms with E-state index in [4.69, 9.17) is 5.73 Å². The number of rotatable bonds is 15. The fourth-order valence-corrected chi connectivity index (χ4v) is 3.73. The van der Waals surface area contributed by atoms with Crippen molar-refractivity contribution in [2.75, 3.05) is 26.8 Å². The van der Waals surface area contributed by atoms with Crippen LogP contribution < -0.4 is 21.7 Å². The molecule has 14 nitrogen and oxygen atoms in total. The first-order valence-corrected chi connectivity index (χ1v) is 12.6. The average Bonchev–Trinajstić information content (AvgIpc) is 2.96. The van der Waals surface area contributed by atoms with E-state index in [1.807, 2.05) is 0 Å². The number of carbonyl (C=O) groups excluding carboxylic acids is 4. The van der Waals surface area contributed by atoms with Crippen molar-refractivity contribution in [3.8, 4) is 5.75 Å². The zero-order valence-corrected chi connectivity index (χ0v) is 22.4. The Hall–Kier alpha value is -4.53. The van der Waals surface area contributed by atoms with Crippen LogP contribution in [0, 0.1) is 0 Å². The minimum atomic E-state index is -1.58. The lowest BCUT2D eigenvalue weighted by atomic mass is 10.0. The molecule has 0 bridgehead atoms. The number of hydrogen-bond donors (Lipinski definition) is 8. The third kappa shape index (κ3) is 10.2. The van der Waals surface area contributed by atoms with E-state index in [1.54, 1.807) is 42.5 Å². The van der Waals surface area contributed by atoms with Crippen molar-refractivity contribution in [1.29, 1.82) is 0 Å². The number of carbonyl (C=O) groups is 5. The van der Waals surface area contributed by atoms with Gasteiger partial charge in [-0.15, -0.1) is 0 Å². The predicted octanol–water partition coefficient (Wildman–Crippen LogP) is -2.51. The van der Waals surface area contributed by atoms with Gasteiger partial charge in [0.15, 0.2) is 0 Å². The molecule has 4 amide bonds. The third-order valence-corrected chi connectivity index (χ3v) is 6.19. The number of benzene rings is 2. The van der Waals surface area contributed by atoms with Crippen molar-refractivity contribution in [1.82, 2.24) is 20.9 Å². The van der Waals surface area contributed by atoms with E-state index in [0.717, 1.165) is 4.90 Å². The molecular weight excluding hydrogens is 538 g/mol. The first-order valence-electron chi connectivity index (χ1n) is 12.6. The predicted molar refractivity (Wildman–Crippen MR) is 145 cm³/mol. The summed E-state index contributed by atoms with van der Waals surface area (Å²) in [7, 11) is 1.30. The Morgan fingerprint density at radius 1 is 0.805 bits per heavy atom. The van der Waals surface area contributed by atoms with Crippen molar-refractivity contribution < 1.29 is 44.4 Å². The molecule has 0 saturated heterocycles. The lowest BCUT2D eigenvalue weighted by Gasteiger charge is -2.29. The van der Waals surface area contributed by atoms with E-state index in [-0.39, 0.29) is 18.6 Å². The summed E-state index contributed by atoms with van der Waals surface area (Å²) in [6.07, 6.45) is 0.105. The Balaban J connectivity index is 2.01. The number of carboxylic acids is 1. The third-order valence-electron chi connectivity index (χ3n) is 6.19. The van der Waals surface area contributed by atoms with Crippen LogP contribution in [0.2, 0.25) is 0 Å². The number of hydrogen-bond acceptors (Lipinski definition) is 9. The fourth-order valence-electron chi connectivity index (χ4n) is 3.73. The molecule has 14 heteroatoms. The summed E-state index contributed by atoms with van der Waals surface area (Å²) in [5.41, 5.74) is 7.23. The van der Waals surface area contributed by atoms with Crippen LogP contribution >= 0.6 is 0 Å². The van der Waals surface area contributed by atoms with Gasteiger partial charge in [-0.3, -0.25) is 19.2 Å². The summed E-state index contributed by atoms with van der Waals surface area (Å²) in [5.74, 6) is -4.58. The number of carboxylic acid groups (broad SMARTS) is 1. The topological polar surface area (TPSA) is 232 Å². The Labute approximate surface area is 236 Å². The first-order chi connectivity index (χ1) is 19.5. The number of nitrogens with two attached hydrogens (primary N) is 1. The summed E-state index contributed by atoms with van der Waals surface area (Å²) in [6, 6.07) is 9.38. The van der Waals surface area contributed by atoms with Crippen molar-refractivity contribution in [2.45, 2.75) is 37.0 Å². The van der Waals surface area contributed by atoms with Crippen molar-refractivity contribution in [3.05, 3.63) is 65.7 Å². The fraction of sp³-hybridized carbons (Fsp3) is 0.370. The molecule has 2 aromatic carbocycles. The van der Waals surface area contributed by atoms with Gasteiger partial charge in [0.05, 0.1) is 25.8 Å². The van der Waals surface area contributed by atoms with Crippen molar-refractivity contribution >= 4 is 29.6 Å². The van der Waals surface area contributed by atoms with Crippen molar-refractivity contribution in [2.24, 2.45) is 5.73 Å². The molecule has 2 unspecified atom stereocenters. The normalized spacial score (nSPS) is 13.7. The molecule has 0 aromatic heterocycles. The minimum Gasteiger partial charge on any atom is -0.508 e. The summed E-state index contributed by atoms with van der Waals surface area (Å²) in [4.78, 5) is 63.2. The highest BCUT2D eigenvalue weighted by Crippen LogP contribution is 2.11. The van der Waals surface area contributed by atoms with E-state index in [0.29, 0.717) is 11.1 Å². The van der Waals surface area contributed by atoms with Gasteiger partial charge < -0.3 is 47.0 Å². The number of aliphatic carboxylic acids is 1. The van der Waals surface area contributed by atoms with Gasteiger partial charge in [0, 0.05) is 13.5 Å². The zero-order valence-electron chi connectivity index (χ0n) is 22.4. The van der Waals surface area contributed by atoms with Crippen LogP contribution in [0.3, 0.4) is 0 Å². The molecule has 0 aliphatic rings. The van der Waals surface area contributed by atoms with Crippen LogP contribution in [0.4, 0.5) is 0 Å². The van der Waals surface area contributed by atoms with Gasteiger partial charge in [-0.05, 0) is 29.7 Å². The molecular formula is C27H35N5O9. The molecule has 0 aliphatic heterocycles. The molecule has 4 atom stereocenters. The number of aliphatic hydroxyl groups excluding tert-OH is 2. The summed E-state index contributed by atoms with van der Waals surface area (Å²) < 4.78 is 0. The van der Waals surface area contributed by atoms with Crippen LogP contribution in [0.25, 0.3) is 0 Å². The molecule has 0 fully saturated rings. The number of likely N-dealkylation sites (N-methyl/N-ethyl adjacent to an activating group) is 1. The maximum atomic E-state index is 12.9. The van der Waals surface area contributed by atoms with Crippen LogP contribution in [0.15, 0.2) is 54.6 Å². The van der Waals surface area contributed by atoms with Crippen LogP contribution in [0.5, 0.6) is 5.75 Å². The quantitative estimate of drug-likeness (QED) is 0.111. The number of phenols is 1. The lowest BCUT2D eigenvalue weighted by Crippen LogP contribution is -2.57. The molecule has 0 radical (unpaired) electrons. The van der Waals surface area contributed by atoms with Crippen LogP contribution in [-0.2, 0) is 36.8 Å². The Morgan fingerprint density at radius 2 is 1.37 bits per heavy atom. The van der Waals surface area contributed by atoms with E-state index >= 15 is 0 Å².